The van der Waals surface area contributed by atoms with E-state index in [2.05, 4.69) is 10.3 Å². The Hall–Kier alpha value is -1.94. The third-order valence-corrected chi connectivity index (χ3v) is 3.51. The van der Waals surface area contributed by atoms with Crippen LogP contribution in [0, 0.1) is 0 Å². The number of hydrogen-bond acceptors (Lipinski definition) is 3. The first-order valence-corrected chi connectivity index (χ1v) is 6.45. The van der Waals surface area contributed by atoms with Crippen LogP contribution in [0.5, 0.6) is 0 Å². The van der Waals surface area contributed by atoms with Crippen LogP contribution in [0.3, 0.4) is 0 Å². The molecule has 0 saturated heterocycles. The summed E-state index contributed by atoms with van der Waals surface area (Å²) in [5.41, 5.74) is 6.87. The standard InChI is InChI=1S/C15H19N3O/c1-3-15(2,10-16)18-14(19)12-6-7-13-11(9-12)5-4-8-17-13/h4-9H,3,10,16H2,1-2H3,(H,18,19). The normalized spacial score (nSPS) is 14.1. The summed E-state index contributed by atoms with van der Waals surface area (Å²) in [5, 5.41) is 3.95. The maximum Gasteiger partial charge on any atom is 0.251 e. The van der Waals surface area contributed by atoms with Gasteiger partial charge >= 0.3 is 0 Å². The second kappa shape index (κ2) is 5.36. The molecule has 19 heavy (non-hydrogen) atoms. The summed E-state index contributed by atoms with van der Waals surface area (Å²) < 4.78 is 0. The first kappa shape index (κ1) is 13.5. The molecule has 0 radical (unpaired) electrons. The fourth-order valence-electron chi connectivity index (χ4n) is 1.85. The highest BCUT2D eigenvalue weighted by Gasteiger charge is 2.22. The summed E-state index contributed by atoms with van der Waals surface area (Å²) in [6.07, 6.45) is 2.54. The minimum absolute atomic E-state index is 0.0967. The maximum absolute atomic E-state index is 12.2. The second-order valence-electron chi connectivity index (χ2n) is 4.98. The number of carbonyl (C=O) groups is 1. The number of benzene rings is 1. The van der Waals surface area contributed by atoms with E-state index >= 15 is 0 Å². The molecule has 0 spiro atoms. The number of nitrogens with one attached hydrogen (secondary N) is 1. The van der Waals surface area contributed by atoms with E-state index in [1.165, 1.54) is 0 Å². The van der Waals surface area contributed by atoms with Gasteiger partial charge in [0.2, 0.25) is 0 Å². The van der Waals surface area contributed by atoms with Gasteiger partial charge in [-0.3, -0.25) is 9.78 Å². The van der Waals surface area contributed by atoms with Gasteiger partial charge in [-0.15, -0.1) is 0 Å². The Bertz CT molecular complexity index is 591. The Morgan fingerprint density at radius 2 is 2.21 bits per heavy atom. The van der Waals surface area contributed by atoms with Gasteiger partial charge in [-0.1, -0.05) is 13.0 Å². The molecule has 0 aliphatic rings. The molecule has 100 valence electrons. The molecule has 3 N–H and O–H groups in total. The monoisotopic (exact) mass is 257 g/mol. The third kappa shape index (κ3) is 2.90. The lowest BCUT2D eigenvalue weighted by atomic mass is 9.98. The van der Waals surface area contributed by atoms with Crippen molar-refractivity contribution in [1.82, 2.24) is 10.3 Å². The summed E-state index contributed by atoms with van der Waals surface area (Å²) in [6.45, 7) is 4.38. The molecule has 1 heterocycles. The van der Waals surface area contributed by atoms with Crippen LogP contribution < -0.4 is 11.1 Å². The number of fused-ring (bicyclic) bond motifs is 1. The van der Waals surface area contributed by atoms with E-state index in [0.717, 1.165) is 17.3 Å². The summed E-state index contributed by atoms with van der Waals surface area (Å²) in [4.78, 5) is 16.5. The van der Waals surface area contributed by atoms with Crippen LogP contribution in [-0.4, -0.2) is 23.0 Å². The minimum atomic E-state index is -0.360. The molecule has 0 aliphatic carbocycles. The summed E-state index contributed by atoms with van der Waals surface area (Å²) in [6, 6.07) is 9.30. The van der Waals surface area contributed by atoms with E-state index in [1.54, 1.807) is 12.3 Å². The SMILES string of the molecule is CCC(C)(CN)NC(=O)c1ccc2ncccc2c1. The van der Waals surface area contributed by atoms with Gasteiger partial charge in [-0.05, 0) is 37.6 Å². The number of rotatable bonds is 4. The first-order valence-electron chi connectivity index (χ1n) is 6.45. The fourth-order valence-corrected chi connectivity index (χ4v) is 1.85. The molecule has 4 heteroatoms. The maximum atomic E-state index is 12.2. The van der Waals surface area contributed by atoms with Gasteiger partial charge in [0.1, 0.15) is 0 Å². The van der Waals surface area contributed by atoms with Gasteiger partial charge in [0.15, 0.2) is 0 Å². The largest absolute Gasteiger partial charge is 0.346 e. The highest BCUT2D eigenvalue weighted by atomic mass is 16.1. The van der Waals surface area contributed by atoms with Crippen LogP contribution in [-0.2, 0) is 0 Å². The summed E-state index contributed by atoms with van der Waals surface area (Å²) in [7, 11) is 0. The van der Waals surface area contributed by atoms with Crippen LogP contribution in [0.4, 0.5) is 0 Å². The van der Waals surface area contributed by atoms with Gasteiger partial charge in [-0.2, -0.15) is 0 Å². The van der Waals surface area contributed by atoms with Crippen molar-refractivity contribution in [3.8, 4) is 0 Å². The average molecular weight is 257 g/mol. The van der Waals surface area contributed by atoms with Crippen molar-refractivity contribution in [3.63, 3.8) is 0 Å². The first-order chi connectivity index (χ1) is 9.08. The number of amides is 1. The van der Waals surface area contributed by atoms with Crippen molar-refractivity contribution in [2.45, 2.75) is 25.8 Å². The highest BCUT2D eigenvalue weighted by Crippen LogP contribution is 2.15. The summed E-state index contributed by atoms with van der Waals surface area (Å²) >= 11 is 0. The van der Waals surface area contributed by atoms with E-state index < -0.39 is 0 Å². The molecular weight excluding hydrogens is 238 g/mol. The molecule has 1 aromatic heterocycles. The molecule has 1 atom stereocenters. The zero-order chi connectivity index (χ0) is 13.9. The number of carbonyl (C=O) groups excluding carboxylic acids is 1. The molecule has 0 aliphatic heterocycles. The van der Waals surface area contributed by atoms with Gasteiger partial charge in [0.05, 0.1) is 5.52 Å². The number of pyridine rings is 1. The minimum Gasteiger partial charge on any atom is -0.346 e. The van der Waals surface area contributed by atoms with Crippen LogP contribution in [0.2, 0.25) is 0 Å². The van der Waals surface area contributed by atoms with Crippen molar-refractivity contribution < 1.29 is 4.79 Å². The van der Waals surface area contributed by atoms with Gasteiger partial charge < -0.3 is 11.1 Å². The van der Waals surface area contributed by atoms with E-state index in [-0.39, 0.29) is 11.4 Å². The molecule has 0 saturated carbocycles. The topological polar surface area (TPSA) is 68.0 Å². The van der Waals surface area contributed by atoms with E-state index in [4.69, 9.17) is 5.73 Å². The molecule has 2 rings (SSSR count). The molecule has 1 aromatic carbocycles. The zero-order valence-electron chi connectivity index (χ0n) is 11.3. The van der Waals surface area contributed by atoms with Crippen molar-refractivity contribution in [2.75, 3.05) is 6.54 Å². The van der Waals surface area contributed by atoms with Crippen LogP contribution >= 0.6 is 0 Å². The Balaban J connectivity index is 2.26. The van der Waals surface area contributed by atoms with Gasteiger partial charge in [0, 0.05) is 29.2 Å². The number of nitrogens with zero attached hydrogens (tertiary/aromatic N) is 1. The number of aromatic nitrogens is 1. The molecule has 0 fully saturated rings. The lowest BCUT2D eigenvalue weighted by Crippen LogP contribution is -2.50. The molecule has 4 nitrogen and oxygen atoms in total. The predicted octanol–water partition coefficient (Wildman–Crippen LogP) is 2.09. The molecule has 2 aromatic rings. The van der Waals surface area contributed by atoms with Crippen molar-refractivity contribution in [2.24, 2.45) is 5.73 Å². The smallest absolute Gasteiger partial charge is 0.251 e. The Kier molecular flexibility index (Phi) is 3.81. The lowest BCUT2D eigenvalue weighted by Gasteiger charge is -2.27. The molecule has 0 bridgehead atoms. The quantitative estimate of drug-likeness (QED) is 0.881. The van der Waals surface area contributed by atoms with E-state index in [9.17, 15) is 4.79 Å². The predicted molar refractivity (Wildman–Crippen MR) is 77.0 cm³/mol. The van der Waals surface area contributed by atoms with Crippen LogP contribution in [0.15, 0.2) is 36.5 Å². The molecule has 1 unspecified atom stereocenters. The average Bonchev–Trinajstić information content (AvgIpc) is 2.46. The van der Waals surface area contributed by atoms with Crippen LogP contribution in [0.25, 0.3) is 10.9 Å². The highest BCUT2D eigenvalue weighted by molar-refractivity contribution is 5.98. The van der Waals surface area contributed by atoms with Gasteiger partial charge in [-0.25, -0.2) is 0 Å². The van der Waals surface area contributed by atoms with Crippen molar-refractivity contribution in [3.05, 3.63) is 42.1 Å². The van der Waals surface area contributed by atoms with Crippen molar-refractivity contribution in [1.29, 1.82) is 0 Å². The Morgan fingerprint density at radius 1 is 1.42 bits per heavy atom. The third-order valence-electron chi connectivity index (χ3n) is 3.51. The van der Waals surface area contributed by atoms with E-state index in [1.807, 2.05) is 38.1 Å². The Morgan fingerprint density at radius 3 is 2.89 bits per heavy atom. The second-order valence-corrected chi connectivity index (χ2v) is 4.98. The fraction of sp³-hybridized carbons (Fsp3) is 0.333. The molecular formula is C15H19N3O. The van der Waals surface area contributed by atoms with E-state index in [0.29, 0.717) is 12.1 Å². The lowest BCUT2D eigenvalue weighted by molar-refractivity contribution is 0.0907. The number of nitrogens with two attached hydrogens (primary N) is 1. The van der Waals surface area contributed by atoms with Gasteiger partial charge in [0.25, 0.3) is 5.91 Å². The van der Waals surface area contributed by atoms with Crippen LogP contribution in [0.1, 0.15) is 30.6 Å². The summed E-state index contributed by atoms with van der Waals surface area (Å²) in [5.74, 6) is -0.0967. The molecule has 1 amide bonds. The number of hydrogen-bond donors (Lipinski definition) is 2. The Labute approximate surface area is 113 Å². The van der Waals surface area contributed by atoms with Crippen molar-refractivity contribution >= 4 is 16.8 Å². The zero-order valence-corrected chi connectivity index (χ0v) is 11.3.